The van der Waals surface area contributed by atoms with E-state index < -0.39 is 0 Å². The van der Waals surface area contributed by atoms with Gasteiger partial charge in [0.1, 0.15) is 11.4 Å². The molecule has 1 aromatic carbocycles. The van der Waals surface area contributed by atoms with Crippen LogP contribution in [0.3, 0.4) is 0 Å². The van der Waals surface area contributed by atoms with Crippen LogP contribution in [0.5, 0.6) is 5.75 Å². The van der Waals surface area contributed by atoms with E-state index in [0.29, 0.717) is 23.1 Å². The summed E-state index contributed by atoms with van der Waals surface area (Å²) in [5.41, 5.74) is 6.66. The lowest BCUT2D eigenvalue weighted by molar-refractivity contribution is 0.102. The molecule has 0 aliphatic rings. The Morgan fingerprint density at radius 2 is 2.35 bits per heavy atom. The molecule has 0 saturated carbocycles. The third-order valence-electron chi connectivity index (χ3n) is 2.55. The van der Waals surface area contributed by atoms with Crippen molar-refractivity contribution in [3.63, 3.8) is 0 Å². The molecule has 2 rings (SSSR count). The highest BCUT2D eigenvalue weighted by Gasteiger charge is 2.12. The second-order valence-electron chi connectivity index (χ2n) is 4.15. The molecular weight excluding hydrogens is 280 g/mol. The number of nitrogen functional groups attached to an aromatic ring is 1. The standard InChI is InChI=1S/C13H15ClN4O2/c1-2-5-20-11-4-3-8(6-9(11)14)17-13(19)12-10(15)7-16-18-12/h3-4,6-7H,2,5,15H2,1H3,(H,16,18)(H,17,19). The molecular formula is C13H15ClN4O2. The molecule has 0 radical (unpaired) electrons. The first kappa shape index (κ1) is 14.2. The van der Waals surface area contributed by atoms with Gasteiger partial charge in [0.2, 0.25) is 0 Å². The Balaban J connectivity index is 2.09. The fourth-order valence-corrected chi connectivity index (χ4v) is 1.81. The number of hydrogen-bond donors (Lipinski definition) is 3. The van der Waals surface area contributed by atoms with E-state index in [0.717, 1.165) is 6.42 Å². The monoisotopic (exact) mass is 294 g/mol. The van der Waals surface area contributed by atoms with E-state index in [4.69, 9.17) is 22.1 Å². The lowest BCUT2D eigenvalue weighted by Crippen LogP contribution is -2.14. The van der Waals surface area contributed by atoms with E-state index >= 15 is 0 Å². The minimum absolute atomic E-state index is 0.215. The van der Waals surface area contributed by atoms with Gasteiger partial charge in [-0.1, -0.05) is 18.5 Å². The summed E-state index contributed by atoms with van der Waals surface area (Å²) in [6.07, 6.45) is 2.28. The first-order chi connectivity index (χ1) is 9.61. The second-order valence-corrected chi connectivity index (χ2v) is 4.56. The van der Waals surface area contributed by atoms with Gasteiger partial charge in [-0.05, 0) is 24.6 Å². The molecule has 1 heterocycles. The van der Waals surface area contributed by atoms with Crippen molar-refractivity contribution in [3.8, 4) is 5.75 Å². The van der Waals surface area contributed by atoms with E-state index in [-0.39, 0.29) is 17.3 Å². The van der Waals surface area contributed by atoms with Gasteiger partial charge in [0.05, 0.1) is 23.5 Å². The van der Waals surface area contributed by atoms with Crippen molar-refractivity contribution in [1.82, 2.24) is 10.2 Å². The predicted molar refractivity (Wildman–Crippen MR) is 78.2 cm³/mol. The van der Waals surface area contributed by atoms with Crippen molar-refractivity contribution in [2.45, 2.75) is 13.3 Å². The minimum atomic E-state index is -0.377. The molecule has 0 unspecified atom stereocenters. The van der Waals surface area contributed by atoms with Gasteiger partial charge in [-0.2, -0.15) is 5.10 Å². The molecule has 20 heavy (non-hydrogen) atoms. The molecule has 0 spiro atoms. The Morgan fingerprint density at radius 3 is 2.95 bits per heavy atom. The summed E-state index contributed by atoms with van der Waals surface area (Å²) in [6, 6.07) is 5.04. The Labute approximate surface area is 121 Å². The molecule has 0 fully saturated rings. The maximum absolute atomic E-state index is 11.9. The second kappa shape index (κ2) is 6.29. The Hall–Kier alpha value is -2.21. The molecule has 106 valence electrons. The number of benzene rings is 1. The molecule has 7 heteroatoms. The minimum Gasteiger partial charge on any atom is -0.492 e. The number of amides is 1. The Kier molecular flexibility index (Phi) is 4.47. The molecule has 0 aliphatic carbocycles. The van der Waals surface area contributed by atoms with E-state index in [1.807, 2.05) is 6.92 Å². The van der Waals surface area contributed by atoms with Crippen molar-refractivity contribution < 1.29 is 9.53 Å². The first-order valence-electron chi connectivity index (χ1n) is 6.14. The number of nitrogens with two attached hydrogens (primary N) is 1. The summed E-state index contributed by atoms with van der Waals surface area (Å²) in [5.74, 6) is 0.214. The van der Waals surface area contributed by atoms with Gasteiger partial charge in [-0.15, -0.1) is 0 Å². The van der Waals surface area contributed by atoms with E-state index in [9.17, 15) is 4.79 Å². The van der Waals surface area contributed by atoms with Crippen molar-refractivity contribution in [2.24, 2.45) is 0 Å². The summed E-state index contributed by atoms with van der Waals surface area (Å²) in [6.45, 7) is 2.60. The number of hydrogen-bond acceptors (Lipinski definition) is 4. The fourth-order valence-electron chi connectivity index (χ4n) is 1.58. The number of carbonyl (C=O) groups excluding carboxylic acids is 1. The first-order valence-corrected chi connectivity index (χ1v) is 6.52. The summed E-state index contributed by atoms with van der Waals surface area (Å²) < 4.78 is 5.46. The summed E-state index contributed by atoms with van der Waals surface area (Å²) in [7, 11) is 0. The molecule has 0 bridgehead atoms. The van der Waals surface area contributed by atoms with Gasteiger partial charge in [0.15, 0.2) is 0 Å². The van der Waals surface area contributed by atoms with Gasteiger partial charge in [-0.25, -0.2) is 0 Å². The normalized spacial score (nSPS) is 10.3. The SMILES string of the molecule is CCCOc1ccc(NC(=O)c2[nH]ncc2N)cc1Cl. The van der Waals surface area contributed by atoms with Crippen molar-refractivity contribution in [3.05, 3.63) is 35.1 Å². The van der Waals surface area contributed by atoms with Gasteiger partial charge in [0, 0.05) is 5.69 Å². The largest absolute Gasteiger partial charge is 0.492 e. The molecule has 0 atom stereocenters. The molecule has 6 nitrogen and oxygen atoms in total. The average molecular weight is 295 g/mol. The zero-order valence-corrected chi connectivity index (χ0v) is 11.7. The van der Waals surface area contributed by atoms with Gasteiger partial charge in [0.25, 0.3) is 5.91 Å². The fraction of sp³-hybridized carbons (Fsp3) is 0.231. The van der Waals surface area contributed by atoms with Gasteiger partial charge >= 0.3 is 0 Å². The van der Waals surface area contributed by atoms with Crippen LogP contribution in [0.1, 0.15) is 23.8 Å². The summed E-state index contributed by atoms with van der Waals surface area (Å²) >= 11 is 6.08. The van der Waals surface area contributed by atoms with Crippen LogP contribution >= 0.6 is 11.6 Å². The van der Waals surface area contributed by atoms with E-state index in [1.165, 1.54) is 6.20 Å². The molecule has 0 saturated heterocycles. The van der Waals surface area contributed by atoms with E-state index in [1.54, 1.807) is 18.2 Å². The number of rotatable bonds is 5. The molecule has 1 amide bonds. The number of H-pyrrole nitrogens is 1. The molecule has 1 aromatic heterocycles. The number of nitrogens with zero attached hydrogens (tertiary/aromatic N) is 1. The number of aromatic amines is 1. The van der Waals surface area contributed by atoms with Crippen molar-refractivity contribution >= 4 is 28.9 Å². The highest BCUT2D eigenvalue weighted by Crippen LogP contribution is 2.28. The van der Waals surface area contributed by atoms with Crippen LogP contribution in [-0.4, -0.2) is 22.7 Å². The van der Waals surface area contributed by atoms with Gasteiger partial charge < -0.3 is 15.8 Å². The van der Waals surface area contributed by atoms with Gasteiger partial charge in [-0.3, -0.25) is 9.89 Å². The molecule has 0 aliphatic heterocycles. The quantitative estimate of drug-likeness (QED) is 0.790. The maximum atomic E-state index is 11.9. The number of ether oxygens (including phenoxy) is 1. The summed E-state index contributed by atoms with van der Waals surface area (Å²) in [5, 5.41) is 9.35. The third-order valence-corrected chi connectivity index (χ3v) is 2.84. The van der Waals surface area contributed by atoms with Crippen molar-refractivity contribution in [2.75, 3.05) is 17.7 Å². The highest BCUT2D eigenvalue weighted by molar-refractivity contribution is 6.32. The van der Waals surface area contributed by atoms with Crippen LogP contribution in [0.25, 0.3) is 0 Å². The van der Waals surface area contributed by atoms with Crippen LogP contribution < -0.4 is 15.8 Å². The van der Waals surface area contributed by atoms with Crippen LogP contribution in [0.15, 0.2) is 24.4 Å². The average Bonchev–Trinajstić information content (AvgIpc) is 2.84. The maximum Gasteiger partial charge on any atom is 0.275 e. The lowest BCUT2D eigenvalue weighted by atomic mass is 10.2. The number of anilines is 2. The Bertz CT molecular complexity index is 612. The van der Waals surface area contributed by atoms with Crippen LogP contribution in [0.4, 0.5) is 11.4 Å². The zero-order valence-electron chi connectivity index (χ0n) is 10.9. The lowest BCUT2D eigenvalue weighted by Gasteiger charge is -2.09. The smallest absolute Gasteiger partial charge is 0.275 e. The van der Waals surface area contributed by atoms with Crippen molar-refractivity contribution in [1.29, 1.82) is 0 Å². The molecule has 2 aromatic rings. The number of halogens is 1. The number of aromatic nitrogens is 2. The van der Waals surface area contributed by atoms with Crippen LogP contribution in [0, 0.1) is 0 Å². The topological polar surface area (TPSA) is 93.0 Å². The third kappa shape index (κ3) is 3.21. The Morgan fingerprint density at radius 1 is 1.55 bits per heavy atom. The predicted octanol–water partition coefficient (Wildman–Crippen LogP) is 2.69. The zero-order chi connectivity index (χ0) is 14.5. The van der Waals surface area contributed by atoms with Crippen LogP contribution in [0.2, 0.25) is 5.02 Å². The number of nitrogens with one attached hydrogen (secondary N) is 2. The number of carbonyl (C=O) groups is 1. The molecule has 4 N–H and O–H groups in total. The highest BCUT2D eigenvalue weighted by atomic mass is 35.5. The van der Waals surface area contributed by atoms with Crippen LogP contribution in [-0.2, 0) is 0 Å². The summed E-state index contributed by atoms with van der Waals surface area (Å²) in [4.78, 5) is 11.9. The van der Waals surface area contributed by atoms with E-state index in [2.05, 4.69) is 15.5 Å².